The largest absolute Gasteiger partial charge is 0.480 e. The predicted octanol–water partition coefficient (Wildman–Crippen LogP) is 2.39. The van der Waals surface area contributed by atoms with Gasteiger partial charge in [0.1, 0.15) is 6.04 Å². The van der Waals surface area contributed by atoms with Gasteiger partial charge in [-0.05, 0) is 26.3 Å². The molecule has 0 radical (unpaired) electrons. The zero-order chi connectivity index (χ0) is 17.0. The second-order valence-corrected chi connectivity index (χ2v) is 5.83. The van der Waals surface area contributed by atoms with Crippen LogP contribution in [0.1, 0.15) is 56.4 Å². The van der Waals surface area contributed by atoms with E-state index in [9.17, 15) is 14.7 Å². The van der Waals surface area contributed by atoms with Crippen molar-refractivity contribution in [1.29, 1.82) is 0 Å². The number of unbranched alkanes of at least 4 members (excludes halogenated alkanes) is 1. The molecule has 0 bridgehead atoms. The molecule has 23 heavy (non-hydrogen) atoms. The Labute approximate surface area is 134 Å². The smallest absolute Gasteiger partial charge is 0.326 e. The van der Waals surface area contributed by atoms with Gasteiger partial charge in [0.2, 0.25) is 0 Å². The van der Waals surface area contributed by atoms with Crippen molar-refractivity contribution in [3.63, 3.8) is 0 Å². The molecule has 2 rings (SSSR count). The minimum Gasteiger partial charge on any atom is -0.480 e. The van der Waals surface area contributed by atoms with Crippen LogP contribution in [0.3, 0.4) is 0 Å². The zero-order valence-corrected chi connectivity index (χ0v) is 13.6. The zero-order valence-electron chi connectivity index (χ0n) is 13.6. The molecule has 0 fully saturated rings. The number of carbonyl (C=O) groups excluding carboxylic acids is 1. The van der Waals surface area contributed by atoms with Crippen LogP contribution in [-0.2, 0) is 4.79 Å². The number of carboxylic acids is 1. The molecule has 0 aromatic carbocycles. The van der Waals surface area contributed by atoms with Gasteiger partial charge in [-0.25, -0.2) is 14.5 Å². The monoisotopic (exact) mass is 318 g/mol. The molecule has 2 heterocycles. The lowest BCUT2D eigenvalue weighted by atomic mass is 10.1. The number of pyridine rings is 1. The fourth-order valence-corrected chi connectivity index (χ4v) is 2.35. The predicted molar refractivity (Wildman–Crippen MR) is 86.3 cm³/mol. The van der Waals surface area contributed by atoms with Crippen LogP contribution >= 0.6 is 0 Å². The average Bonchev–Trinajstić information content (AvgIpc) is 2.94. The first-order valence-electron chi connectivity index (χ1n) is 7.81. The molecule has 0 saturated carbocycles. The van der Waals surface area contributed by atoms with Gasteiger partial charge >= 0.3 is 5.97 Å². The maximum absolute atomic E-state index is 12.3. The van der Waals surface area contributed by atoms with Crippen molar-refractivity contribution in [1.82, 2.24) is 20.1 Å². The summed E-state index contributed by atoms with van der Waals surface area (Å²) in [5.41, 5.74) is 1.04. The molecular weight excluding hydrogens is 296 g/mol. The van der Waals surface area contributed by atoms with Crippen molar-refractivity contribution in [2.24, 2.45) is 0 Å². The first-order chi connectivity index (χ1) is 10.9. The summed E-state index contributed by atoms with van der Waals surface area (Å²) in [6, 6.07) is 0.976. The molecule has 0 aliphatic heterocycles. The summed E-state index contributed by atoms with van der Waals surface area (Å²) >= 11 is 0. The van der Waals surface area contributed by atoms with E-state index in [-0.39, 0.29) is 6.04 Å². The van der Waals surface area contributed by atoms with Crippen molar-refractivity contribution in [2.45, 2.75) is 52.1 Å². The highest BCUT2D eigenvalue weighted by atomic mass is 16.4. The fourth-order valence-electron chi connectivity index (χ4n) is 2.35. The van der Waals surface area contributed by atoms with E-state index >= 15 is 0 Å². The fraction of sp³-hybridized carbons (Fsp3) is 0.500. The van der Waals surface area contributed by atoms with Gasteiger partial charge in [-0.3, -0.25) is 4.79 Å². The molecule has 1 unspecified atom stereocenters. The number of carbonyl (C=O) groups is 2. The molecule has 124 valence electrons. The maximum atomic E-state index is 12.3. The topological polar surface area (TPSA) is 97.1 Å². The Balaban J connectivity index is 2.18. The van der Waals surface area contributed by atoms with E-state index in [0.717, 1.165) is 18.2 Å². The SMILES string of the molecule is CCCCC(NC(=O)c1cnc2c(cnn2C(C)C)c1)C(=O)O. The molecule has 0 saturated heterocycles. The van der Waals surface area contributed by atoms with E-state index in [2.05, 4.69) is 15.4 Å². The van der Waals surface area contributed by atoms with E-state index < -0.39 is 17.9 Å². The first kappa shape index (κ1) is 16.9. The van der Waals surface area contributed by atoms with Gasteiger partial charge in [-0.2, -0.15) is 5.10 Å². The molecule has 0 aliphatic rings. The van der Waals surface area contributed by atoms with Gasteiger partial charge in [-0.1, -0.05) is 19.8 Å². The minimum atomic E-state index is -1.02. The number of fused-ring (bicyclic) bond motifs is 1. The summed E-state index contributed by atoms with van der Waals surface area (Å²) in [7, 11) is 0. The van der Waals surface area contributed by atoms with E-state index in [1.165, 1.54) is 6.20 Å². The number of rotatable bonds is 7. The average molecular weight is 318 g/mol. The Morgan fingerprint density at radius 2 is 2.09 bits per heavy atom. The van der Waals surface area contributed by atoms with Crippen LogP contribution < -0.4 is 5.32 Å². The van der Waals surface area contributed by atoms with E-state index in [0.29, 0.717) is 17.6 Å². The highest BCUT2D eigenvalue weighted by Gasteiger charge is 2.20. The van der Waals surface area contributed by atoms with Gasteiger partial charge in [0.05, 0.1) is 11.8 Å². The molecule has 2 aromatic rings. The molecule has 1 atom stereocenters. The summed E-state index contributed by atoms with van der Waals surface area (Å²) < 4.78 is 1.78. The van der Waals surface area contributed by atoms with Gasteiger partial charge in [0, 0.05) is 17.6 Å². The third kappa shape index (κ3) is 3.85. The van der Waals surface area contributed by atoms with Crippen LogP contribution in [0.5, 0.6) is 0 Å². The molecule has 0 spiro atoms. The van der Waals surface area contributed by atoms with Crippen molar-refractivity contribution >= 4 is 22.9 Å². The maximum Gasteiger partial charge on any atom is 0.326 e. The Hall–Kier alpha value is -2.44. The molecule has 7 heteroatoms. The molecule has 1 amide bonds. The summed E-state index contributed by atoms with van der Waals surface area (Å²) in [6.07, 6.45) is 5.15. The Morgan fingerprint density at radius 1 is 1.35 bits per heavy atom. The van der Waals surface area contributed by atoms with Crippen LogP contribution in [0.25, 0.3) is 11.0 Å². The van der Waals surface area contributed by atoms with Crippen molar-refractivity contribution in [2.75, 3.05) is 0 Å². The molecular formula is C16H22N4O3. The lowest BCUT2D eigenvalue weighted by molar-refractivity contribution is -0.139. The number of hydrogen-bond acceptors (Lipinski definition) is 4. The van der Waals surface area contributed by atoms with Gasteiger partial charge in [0.25, 0.3) is 5.91 Å². The van der Waals surface area contributed by atoms with Crippen LogP contribution in [0.15, 0.2) is 18.5 Å². The standard InChI is InChI=1S/C16H22N4O3/c1-4-5-6-13(16(22)23)19-15(21)12-7-11-9-18-20(10(2)3)14(11)17-8-12/h7-10,13H,4-6H2,1-3H3,(H,19,21)(H,22,23). The highest BCUT2D eigenvalue weighted by Crippen LogP contribution is 2.16. The lowest BCUT2D eigenvalue weighted by Gasteiger charge is -2.14. The second-order valence-electron chi connectivity index (χ2n) is 5.83. The number of amides is 1. The molecule has 0 aliphatic carbocycles. The molecule has 7 nitrogen and oxygen atoms in total. The van der Waals surface area contributed by atoms with Gasteiger partial charge in [-0.15, -0.1) is 0 Å². The van der Waals surface area contributed by atoms with Crippen molar-refractivity contribution in [3.05, 3.63) is 24.0 Å². The lowest BCUT2D eigenvalue weighted by Crippen LogP contribution is -2.40. The molecule has 2 aromatic heterocycles. The molecule has 2 N–H and O–H groups in total. The first-order valence-corrected chi connectivity index (χ1v) is 7.81. The van der Waals surface area contributed by atoms with Gasteiger partial charge in [0.15, 0.2) is 5.65 Å². The normalized spacial score (nSPS) is 12.5. The van der Waals surface area contributed by atoms with Crippen LogP contribution in [0.2, 0.25) is 0 Å². The number of aliphatic carboxylic acids is 1. The number of nitrogens with zero attached hydrogens (tertiary/aromatic N) is 3. The summed E-state index contributed by atoms with van der Waals surface area (Å²) in [5, 5.41) is 16.8. The summed E-state index contributed by atoms with van der Waals surface area (Å²) in [4.78, 5) is 27.8. The number of aromatic nitrogens is 3. The van der Waals surface area contributed by atoms with Crippen LogP contribution in [0, 0.1) is 0 Å². The van der Waals surface area contributed by atoms with Crippen molar-refractivity contribution < 1.29 is 14.7 Å². The number of carboxylic acid groups (broad SMARTS) is 1. The Morgan fingerprint density at radius 3 is 2.70 bits per heavy atom. The van der Waals surface area contributed by atoms with Crippen LogP contribution in [0.4, 0.5) is 0 Å². The number of nitrogens with one attached hydrogen (secondary N) is 1. The van der Waals surface area contributed by atoms with Crippen molar-refractivity contribution in [3.8, 4) is 0 Å². The minimum absolute atomic E-state index is 0.171. The third-order valence-electron chi connectivity index (χ3n) is 3.63. The highest BCUT2D eigenvalue weighted by molar-refractivity contribution is 5.98. The Kier molecular flexibility index (Phi) is 5.31. The quantitative estimate of drug-likeness (QED) is 0.817. The van der Waals surface area contributed by atoms with E-state index in [4.69, 9.17) is 0 Å². The second kappa shape index (κ2) is 7.21. The van der Waals surface area contributed by atoms with Gasteiger partial charge < -0.3 is 10.4 Å². The number of hydrogen-bond donors (Lipinski definition) is 2. The Bertz CT molecular complexity index is 708. The third-order valence-corrected chi connectivity index (χ3v) is 3.63. The summed E-state index contributed by atoms with van der Waals surface area (Å²) in [6.45, 7) is 5.98. The summed E-state index contributed by atoms with van der Waals surface area (Å²) in [5.74, 6) is -1.45. The van der Waals surface area contributed by atoms with Crippen LogP contribution in [-0.4, -0.2) is 37.8 Å². The van der Waals surface area contributed by atoms with E-state index in [1.54, 1.807) is 16.9 Å². The van der Waals surface area contributed by atoms with E-state index in [1.807, 2.05) is 20.8 Å².